The molecular formula is C8H18N2. The molecule has 0 spiro atoms. The maximum absolute atomic E-state index is 3.47. The summed E-state index contributed by atoms with van der Waals surface area (Å²) in [5.41, 5.74) is 0. The van der Waals surface area contributed by atoms with Gasteiger partial charge in [0.25, 0.3) is 0 Å². The van der Waals surface area contributed by atoms with E-state index in [1.807, 2.05) is 0 Å². The average Bonchev–Trinajstić information content (AvgIpc) is 2.46. The Kier molecular flexibility index (Phi) is 2.69. The Hall–Kier alpha value is -0.0800. The van der Waals surface area contributed by atoms with E-state index in [1.54, 1.807) is 0 Å². The molecule has 60 valence electrons. The molecule has 1 aliphatic rings. The molecular weight excluding hydrogens is 124 g/mol. The van der Waals surface area contributed by atoms with Gasteiger partial charge in [0.1, 0.15) is 0 Å². The van der Waals surface area contributed by atoms with Crippen LogP contribution in [-0.4, -0.2) is 18.2 Å². The van der Waals surface area contributed by atoms with E-state index in [0.717, 1.165) is 6.04 Å². The average molecular weight is 142 g/mol. The third kappa shape index (κ3) is 3.18. The van der Waals surface area contributed by atoms with Crippen molar-refractivity contribution in [1.82, 2.24) is 10.6 Å². The summed E-state index contributed by atoms with van der Waals surface area (Å²) in [4.78, 5) is 0. The van der Waals surface area contributed by atoms with Crippen molar-refractivity contribution in [3.63, 3.8) is 0 Å². The largest absolute Gasteiger partial charge is 0.300 e. The van der Waals surface area contributed by atoms with Gasteiger partial charge in [-0.3, -0.25) is 10.6 Å². The molecule has 0 aromatic heterocycles. The molecule has 2 heteroatoms. The molecule has 1 fully saturated rings. The van der Waals surface area contributed by atoms with E-state index in [0.29, 0.717) is 12.2 Å². The van der Waals surface area contributed by atoms with Gasteiger partial charge in [0.15, 0.2) is 0 Å². The van der Waals surface area contributed by atoms with Crippen LogP contribution in [0.5, 0.6) is 0 Å². The van der Waals surface area contributed by atoms with E-state index in [9.17, 15) is 0 Å². The second-order valence-electron chi connectivity index (χ2n) is 3.48. The van der Waals surface area contributed by atoms with Gasteiger partial charge in [-0.25, -0.2) is 0 Å². The van der Waals surface area contributed by atoms with Gasteiger partial charge in [0.2, 0.25) is 0 Å². The minimum atomic E-state index is 0.479. The van der Waals surface area contributed by atoms with Crippen LogP contribution in [0.15, 0.2) is 0 Å². The Balaban J connectivity index is 2.02. The molecule has 1 rings (SSSR count). The Morgan fingerprint density at radius 3 is 2.20 bits per heavy atom. The number of nitrogens with one attached hydrogen (secondary N) is 2. The van der Waals surface area contributed by atoms with E-state index in [4.69, 9.17) is 0 Å². The smallest absolute Gasteiger partial charge is 0.0546 e. The summed E-state index contributed by atoms with van der Waals surface area (Å²) in [5, 5.41) is 6.88. The van der Waals surface area contributed by atoms with Crippen LogP contribution in [-0.2, 0) is 0 Å². The molecule has 0 amide bonds. The summed E-state index contributed by atoms with van der Waals surface area (Å²) in [5.74, 6) is 0. The summed E-state index contributed by atoms with van der Waals surface area (Å²) >= 11 is 0. The van der Waals surface area contributed by atoms with Crippen LogP contribution in [0.2, 0.25) is 0 Å². The molecule has 1 unspecified atom stereocenters. The molecule has 0 aromatic rings. The van der Waals surface area contributed by atoms with Crippen molar-refractivity contribution in [2.24, 2.45) is 0 Å². The standard InChI is InChI=1S/C8H18N2/c1-6(2)9-7(3)10-8-4-5-8/h6-10H,4-5H2,1-3H3. The summed E-state index contributed by atoms with van der Waals surface area (Å²) in [6.07, 6.45) is 3.21. The molecule has 0 bridgehead atoms. The molecule has 1 aliphatic carbocycles. The van der Waals surface area contributed by atoms with Crippen LogP contribution in [0.4, 0.5) is 0 Å². The van der Waals surface area contributed by atoms with Crippen LogP contribution in [0.25, 0.3) is 0 Å². The molecule has 0 heterocycles. The predicted molar refractivity (Wildman–Crippen MR) is 43.9 cm³/mol. The SMILES string of the molecule is CC(C)NC(C)NC1CC1. The topological polar surface area (TPSA) is 24.1 Å². The van der Waals surface area contributed by atoms with E-state index in [-0.39, 0.29) is 0 Å². The van der Waals surface area contributed by atoms with Crippen molar-refractivity contribution in [1.29, 1.82) is 0 Å². The second kappa shape index (κ2) is 3.35. The highest BCUT2D eigenvalue weighted by Gasteiger charge is 2.22. The van der Waals surface area contributed by atoms with Crippen LogP contribution in [0, 0.1) is 0 Å². The molecule has 2 nitrogen and oxygen atoms in total. The first kappa shape index (κ1) is 8.02. The van der Waals surface area contributed by atoms with Gasteiger partial charge in [-0.1, -0.05) is 0 Å². The van der Waals surface area contributed by atoms with Gasteiger partial charge in [0, 0.05) is 12.1 Å². The van der Waals surface area contributed by atoms with Crippen LogP contribution < -0.4 is 10.6 Å². The van der Waals surface area contributed by atoms with Gasteiger partial charge in [0.05, 0.1) is 6.17 Å². The van der Waals surface area contributed by atoms with Crippen molar-refractivity contribution in [3.05, 3.63) is 0 Å². The highest BCUT2D eigenvalue weighted by molar-refractivity contribution is 4.82. The van der Waals surface area contributed by atoms with Gasteiger partial charge >= 0.3 is 0 Å². The zero-order chi connectivity index (χ0) is 7.56. The van der Waals surface area contributed by atoms with Gasteiger partial charge in [-0.2, -0.15) is 0 Å². The maximum Gasteiger partial charge on any atom is 0.0546 e. The Morgan fingerprint density at radius 1 is 1.20 bits per heavy atom. The molecule has 0 radical (unpaired) electrons. The fourth-order valence-corrected chi connectivity index (χ4v) is 1.15. The van der Waals surface area contributed by atoms with Crippen LogP contribution >= 0.6 is 0 Å². The van der Waals surface area contributed by atoms with Crippen LogP contribution in [0.1, 0.15) is 33.6 Å². The van der Waals surface area contributed by atoms with Crippen molar-refractivity contribution < 1.29 is 0 Å². The fraction of sp³-hybridized carbons (Fsp3) is 1.00. The Bertz CT molecular complexity index is 93.4. The number of rotatable bonds is 4. The summed E-state index contributed by atoms with van der Waals surface area (Å²) in [6.45, 7) is 6.52. The fourth-order valence-electron chi connectivity index (χ4n) is 1.15. The molecule has 10 heavy (non-hydrogen) atoms. The third-order valence-electron chi connectivity index (χ3n) is 1.65. The normalized spacial score (nSPS) is 21.6. The van der Waals surface area contributed by atoms with Gasteiger partial charge in [-0.15, -0.1) is 0 Å². The number of hydrogen-bond acceptors (Lipinski definition) is 2. The molecule has 1 saturated carbocycles. The molecule has 1 atom stereocenters. The van der Waals surface area contributed by atoms with E-state index in [2.05, 4.69) is 31.4 Å². The van der Waals surface area contributed by atoms with Gasteiger partial charge in [-0.05, 0) is 33.6 Å². The van der Waals surface area contributed by atoms with Crippen LogP contribution in [0.3, 0.4) is 0 Å². The lowest BCUT2D eigenvalue weighted by atomic mass is 10.3. The summed E-state index contributed by atoms with van der Waals surface area (Å²) in [7, 11) is 0. The van der Waals surface area contributed by atoms with Crippen molar-refractivity contribution in [3.8, 4) is 0 Å². The quantitative estimate of drug-likeness (QED) is 0.574. The highest BCUT2D eigenvalue weighted by atomic mass is 15.1. The lowest BCUT2D eigenvalue weighted by Gasteiger charge is -2.17. The van der Waals surface area contributed by atoms with Crippen molar-refractivity contribution in [2.45, 2.75) is 51.9 Å². The van der Waals surface area contributed by atoms with E-state index >= 15 is 0 Å². The van der Waals surface area contributed by atoms with Gasteiger partial charge < -0.3 is 0 Å². The van der Waals surface area contributed by atoms with E-state index in [1.165, 1.54) is 12.8 Å². The third-order valence-corrected chi connectivity index (χ3v) is 1.65. The first-order chi connectivity index (χ1) is 4.68. The molecule has 2 N–H and O–H groups in total. The maximum atomic E-state index is 3.47. The highest BCUT2D eigenvalue weighted by Crippen LogP contribution is 2.18. The first-order valence-corrected chi connectivity index (χ1v) is 4.20. The first-order valence-electron chi connectivity index (χ1n) is 4.20. The summed E-state index contributed by atoms with van der Waals surface area (Å²) in [6, 6.07) is 1.39. The zero-order valence-electron chi connectivity index (χ0n) is 7.15. The monoisotopic (exact) mass is 142 g/mol. The molecule has 0 aromatic carbocycles. The number of hydrogen-bond donors (Lipinski definition) is 2. The minimum absolute atomic E-state index is 0.479. The lowest BCUT2D eigenvalue weighted by Crippen LogP contribution is -2.44. The zero-order valence-corrected chi connectivity index (χ0v) is 7.15. The Morgan fingerprint density at radius 2 is 1.80 bits per heavy atom. The van der Waals surface area contributed by atoms with Crippen molar-refractivity contribution in [2.75, 3.05) is 0 Å². The van der Waals surface area contributed by atoms with E-state index < -0.39 is 0 Å². The summed E-state index contributed by atoms with van der Waals surface area (Å²) < 4.78 is 0. The molecule has 0 saturated heterocycles. The minimum Gasteiger partial charge on any atom is -0.300 e. The lowest BCUT2D eigenvalue weighted by molar-refractivity contribution is 0.415. The second-order valence-corrected chi connectivity index (χ2v) is 3.48. The Labute approximate surface area is 63.4 Å². The molecule has 0 aliphatic heterocycles. The van der Waals surface area contributed by atoms with Crippen molar-refractivity contribution >= 4 is 0 Å². The predicted octanol–water partition coefficient (Wildman–Crippen LogP) is 1.08.